The molecule has 1 amide bonds. The van der Waals surface area contributed by atoms with Crippen molar-refractivity contribution in [3.63, 3.8) is 0 Å². The van der Waals surface area contributed by atoms with Crippen LogP contribution in [0.1, 0.15) is 39.5 Å². The highest BCUT2D eigenvalue weighted by molar-refractivity contribution is 5.84. The number of carbonyl (C=O) groups is 2. The third-order valence-corrected chi connectivity index (χ3v) is 3.31. The van der Waals surface area contributed by atoms with Gasteiger partial charge in [0, 0.05) is 6.04 Å². The Morgan fingerprint density at radius 3 is 2.76 bits per heavy atom. The zero-order chi connectivity index (χ0) is 12.8. The summed E-state index contributed by atoms with van der Waals surface area (Å²) in [5.74, 6) is -1.19. The van der Waals surface area contributed by atoms with Gasteiger partial charge in [0.15, 0.2) is 0 Å². The molecule has 1 fully saturated rings. The lowest BCUT2D eigenvalue weighted by atomic mass is 10.00. The fourth-order valence-electron chi connectivity index (χ4n) is 2.26. The number of carbonyl (C=O) groups excluding carboxylic acids is 1. The minimum absolute atomic E-state index is 0.194. The van der Waals surface area contributed by atoms with Gasteiger partial charge in [-0.1, -0.05) is 13.3 Å². The van der Waals surface area contributed by atoms with Crippen LogP contribution in [0.4, 0.5) is 0 Å². The number of likely N-dealkylation sites (tertiary alicyclic amines) is 1. The van der Waals surface area contributed by atoms with Crippen LogP contribution in [0.25, 0.3) is 0 Å². The number of hydrogen-bond acceptors (Lipinski definition) is 3. The summed E-state index contributed by atoms with van der Waals surface area (Å²) in [5.41, 5.74) is 0. The second-order valence-electron chi connectivity index (χ2n) is 4.66. The summed E-state index contributed by atoms with van der Waals surface area (Å²) in [6.07, 6.45) is 4.53. The number of amides is 1. The number of carboxylic acids is 1. The van der Waals surface area contributed by atoms with Crippen molar-refractivity contribution in [3.05, 3.63) is 0 Å². The van der Waals surface area contributed by atoms with Gasteiger partial charge in [-0.05, 0) is 32.7 Å². The van der Waals surface area contributed by atoms with Gasteiger partial charge < -0.3 is 10.4 Å². The highest BCUT2D eigenvalue weighted by atomic mass is 16.4. The van der Waals surface area contributed by atoms with Gasteiger partial charge in [0.05, 0.1) is 6.54 Å². The summed E-state index contributed by atoms with van der Waals surface area (Å²) in [6, 6.07) is -0.345. The molecule has 0 radical (unpaired) electrons. The van der Waals surface area contributed by atoms with E-state index in [2.05, 4.69) is 17.1 Å². The lowest BCUT2D eigenvalue weighted by Gasteiger charge is -2.34. The molecule has 5 heteroatoms. The first-order valence-corrected chi connectivity index (χ1v) is 6.30. The molecule has 0 saturated carbocycles. The predicted octanol–water partition coefficient (Wildman–Crippen LogP) is 0.840. The number of piperidine rings is 1. The molecule has 1 saturated heterocycles. The van der Waals surface area contributed by atoms with Crippen molar-refractivity contribution in [2.24, 2.45) is 0 Å². The summed E-state index contributed by atoms with van der Waals surface area (Å²) < 4.78 is 0. The minimum atomic E-state index is -0.996. The molecular formula is C12H22N2O3. The van der Waals surface area contributed by atoms with Crippen LogP contribution >= 0.6 is 0 Å². The van der Waals surface area contributed by atoms with Crippen LogP contribution in [-0.2, 0) is 9.59 Å². The molecular weight excluding hydrogens is 220 g/mol. The second-order valence-corrected chi connectivity index (χ2v) is 4.66. The molecule has 1 aliphatic heterocycles. The van der Waals surface area contributed by atoms with E-state index in [4.69, 9.17) is 5.11 Å². The highest BCUT2D eigenvalue weighted by Crippen LogP contribution is 2.18. The molecule has 2 unspecified atom stereocenters. The number of rotatable bonds is 5. The Labute approximate surface area is 102 Å². The first kappa shape index (κ1) is 14.0. The van der Waals surface area contributed by atoms with Crippen molar-refractivity contribution < 1.29 is 14.7 Å². The molecule has 17 heavy (non-hydrogen) atoms. The number of carboxylic acid groups (broad SMARTS) is 1. The summed E-state index contributed by atoms with van der Waals surface area (Å²) in [7, 11) is 0. The summed E-state index contributed by atoms with van der Waals surface area (Å²) >= 11 is 0. The maximum Gasteiger partial charge on any atom is 0.325 e. The van der Waals surface area contributed by atoms with Crippen molar-refractivity contribution in [2.45, 2.75) is 51.6 Å². The zero-order valence-electron chi connectivity index (χ0n) is 10.6. The lowest BCUT2D eigenvalue weighted by Crippen LogP contribution is -2.48. The number of hydrogen-bond donors (Lipinski definition) is 2. The number of aliphatic carboxylic acids is 1. The molecule has 98 valence electrons. The maximum absolute atomic E-state index is 11.7. The van der Waals surface area contributed by atoms with Gasteiger partial charge in [0.2, 0.25) is 5.91 Å². The SMILES string of the molecule is CCC1CCCCN1CC(=O)NC(C)C(=O)O. The van der Waals surface area contributed by atoms with Gasteiger partial charge in [0.1, 0.15) is 6.04 Å². The van der Waals surface area contributed by atoms with Crippen LogP contribution in [0.2, 0.25) is 0 Å². The Bertz CT molecular complexity index is 281. The molecule has 0 aromatic carbocycles. The molecule has 0 bridgehead atoms. The van der Waals surface area contributed by atoms with Gasteiger partial charge in [-0.15, -0.1) is 0 Å². The van der Waals surface area contributed by atoms with Crippen molar-refractivity contribution in [3.8, 4) is 0 Å². The number of nitrogens with one attached hydrogen (secondary N) is 1. The normalized spacial score (nSPS) is 23.1. The molecule has 5 nitrogen and oxygen atoms in total. The Hall–Kier alpha value is -1.10. The van der Waals surface area contributed by atoms with E-state index < -0.39 is 12.0 Å². The standard InChI is InChI=1S/C12H22N2O3/c1-3-10-6-4-5-7-14(10)8-11(15)13-9(2)12(16)17/h9-10H,3-8H2,1-2H3,(H,13,15)(H,16,17). The average Bonchev–Trinajstić information content (AvgIpc) is 2.29. The van der Waals surface area contributed by atoms with E-state index >= 15 is 0 Å². The van der Waals surface area contributed by atoms with E-state index in [-0.39, 0.29) is 5.91 Å². The molecule has 0 aliphatic carbocycles. The molecule has 2 N–H and O–H groups in total. The van der Waals surface area contributed by atoms with Gasteiger partial charge in [-0.3, -0.25) is 14.5 Å². The van der Waals surface area contributed by atoms with Gasteiger partial charge in [-0.25, -0.2) is 0 Å². The van der Waals surface area contributed by atoms with Crippen molar-refractivity contribution in [1.29, 1.82) is 0 Å². The van der Waals surface area contributed by atoms with Crippen LogP contribution in [0.15, 0.2) is 0 Å². The Kier molecular flexibility index (Phi) is 5.41. The van der Waals surface area contributed by atoms with Gasteiger partial charge >= 0.3 is 5.97 Å². The Morgan fingerprint density at radius 2 is 2.18 bits per heavy atom. The van der Waals surface area contributed by atoms with Gasteiger partial charge in [0.25, 0.3) is 0 Å². The van der Waals surface area contributed by atoms with E-state index in [1.165, 1.54) is 13.3 Å². The quantitative estimate of drug-likeness (QED) is 0.749. The predicted molar refractivity (Wildman–Crippen MR) is 64.7 cm³/mol. The largest absolute Gasteiger partial charge is 0.480 e. The van der Waals surface area contributed by atoms with Crippen molar-refractivity contribution in [2.75, 3.05) is 13.1 Å². The topological polar surface area (TPSA) is 69.6 Å². The monoisotopic (exact) mass is 242 g/mol. The first-order chi connectivity index (χ1) is 8.04. The first-order valence-electron chi connectivity index (χ1n) is 6.30. The molecule has 1 rings (SSSR count). The van der Waals surface area contributed by atoms with Crippen LogP contribution in [0.3, 0.4) is 0 Å². The van der Waals surface area contributed by atoms with Gasteiger partial charge in [-0.2, -0.15) is 0 Å². The smallest absolute Gasteiger partial charge is 0.325 e. The summed E-state index contributed by atoms with van der Waals surface area (Å²) in [4.78, 5) is 24.5. The van der Waals surface area contributed by atoms with E-state index in [1.54, 1.807) is 0 Å². The lowest BCUT2D eigenvalue weighted by molar-refractivity contribution is -0.141. The van der Waals surface area contributed by atoms with E-state index in [1.807, 2.05) is 0 Å². The summed E-state index contributed by atoms with van der Waals surface area (Å²) in [6.45, 7) is 4.86. The Morgan fingerprint density at radius 1 is 1.47 bits per heavy atom. The van der Waals surface area contributed by atoms with Crippen molar-refractivity contribution in [1.82, 2.24) is 10.2 Å². The van der Waals surface area contributed by atoms with Crippen molar-refractivity contribution >= 4 is 11.9 Å². The molecule has 0 aromatic rings. The fraction of sp³-hybridized carbons (Fsp3) is 0.833. The van der Waals surface area contributed by atoms with E-state index in [0.717, 1.165) is 25.8 Å². The van der Waals surface area contributed by atoms with E-state index in [9.17, 15) is 9.59 Å². The Balaban J connectivity index is 2.41. The van der Waals surface area contributed by atoms with Crippen LogP contribution < -0.4 is 5.32 Å². The van der Waals surface area contributed by atoms with Crippen LogP contribution in [0, 0.1) is 0 Å². The number of nitrogens with zero attached hydrogens (tertiary/aromatic N) is 1. The minimum Gasteiger partial charge on any atom is -0.480 e. The second kappa shape index (κ2) is 6.59. The summed E-state index contributed by atoms with van der Waals surface area (Å²) in [5, 5.41) is 11.2. The highest BCUT2D eigenvalue weighted by Gasteiger charge is 2.23. The fourth-order valence-corrected chi connectivity index (χ4v) is 2.26. The average molecular weight is 242 g/mol. The van der Waals surface area contributed by atoms with E-state index in [0.29, 0.717) is 12.6 Å². The zero-order valence-corrected chi connectivity index (χ0v) is 10.6. The molecule has 1 heterocycles. The molecule has 0 aromatic heterocycles. The third-order valence-electron chi connectivity index (χ3n) is 3.31. The van der Waals surface area contributed by atoms with Crippen LogP contribution in [0.5, 0.6) is 0 Å². The molecule has 1 aliphatic rings. The third kappa shape index (κ3) is 4.34. The van der Waals surface area contributed by atoms with Crippen LogP contribution in [-0.4, -0.2) is 47.1 Å². The molecule has 2 atom stereocenters. The maximum atomic E-state index is 11.7. The molecule has 0 spiro atoms.